The van der Waals surface area contributed by atoms with E-state index in [9.17, 15) is 0 Å². The maximum atomic E-state index is 5.99. The van der Waals surface area contributed by atoms with Gasteiger partial charge in [-0.3, -0.25) is 0 Å². The highest BCUT2D eigenvalue weighted by Crippen LogP contribution is 2.31. The molecule has 7 heteroatoms. The molecule has 0 aliphatic carbocycles. The lowest BCUT2D eigenvalue weighted by atomic mass is 10.1. The van der Waals surface area contributed by atoms with Crippen molar-refractivity contribution in [1.82, 2.24) is 15.1 Å². The van der Waals surface area contributed by atoms with Crippen molar-refractivity contribution in [1.29, 1.82) is 0 Å². The zero-order chi connectivity index (χ0) is 18.4. The Morgan fingerprint density at radius 2 is 2.12 bits per heavy atom. The lowest BCUT2D eigenvalue weighted by Crippen LogP contribution is -2.35. The molecule has 1 unspecified atom stereocenters. The number of aromatic nitrogens is 2. The van der Waals surface area contributed by atoms with Gasteiger partial charge in [0, 0.05) is 25.6 Å². The van der Waals surface area contributed by atoms with E-state index in [2.05, 4.69) is 41.0 Å². The normalized spacial score (nSPS) is 18.2. The summed E-state index contributed by atoms with van der Waals surface area (Å²) < 4.78 is 17.5. The Labute approximate surface area is 154 Å². The van der Waals surface area contributed by atoms with Gasteiger partial charge in [0.05, 0.1) is 25.4 Å². The molecule has 1 aliphatic heterocycles. The predicted molar refractivity (Wildman–Crippen MR) is 101 cm³/mol. The summed E-state index contributed by atoms with van der Waals surface area (Å²) in [6, 6.07) is 8.32. The molecule has 1 atom stereocenters. The molecular weight excluding hydrogens is 332 g/mol. The van der Waals surface area contributed by atoms with Gasteiger partial charge in [0.1, 0.15) is 5.75 Å². The minimum absolute atomic E-state index is 0.406. The quantitative estimate of drug-likeness (QED) is 0.752. The summed E-state index contributed by atoms with van der Waals surface area (Å²) in [6.45, 7) is 6.71. The third-order valence-electron chi connectivity index (χ3n) is 4.23. The van der Waals surface area contributed by atoms with Crippen LogP contribution in [0, 0.1) is 5.92 Å². The third-order valence-corrected chi connectivity index (χ3v) is 4.23. The molecule has 1 aromatic carbocycles. The molecule has 26 heavy (non-hydrogen) atoms. The van der Waals surface area contributed by atoms with E-state index in [4.69, 9.17) is 13.9 Å². The second-order valence-electron chi connectivity index (χ2n) is 6.88. The SMILES string of the molecule is CCCOc1ccccc1-c1nnc(N2CCOCC(CN(C)C)C2)o1. The first-order valence-electron chi connectivity index (χ1n) is 9.20. The molecule has 0 saturated carbocycles. The highest BCUT2D eigenvalue weighted by Gasteiger charge is 2.24. The Bertz CT molecular complexity index is 689. The monoisotopic (exact) mass is 360 g/mol. The van der Waals surface area contributed by atoms with Crippen molar-refractivity contribution in [2.75, 3.05) is 58.5 Å². The van der Waals surface area contributed by atoms with Gasteiger partial charge in [0.2, 0.25) is 0 Å². The zero-order valence-corrected chi connectivity index (χ0v) is 15.9. The molecule has 2 aromatic rings. The molecule has 1 saturated heterocycles. The number of hydrogen-bond donors (Lipinski definition) is 0. The molecular formula is C19H28N4O3. The molecule has 0 radical (unpaired) electrons. The molecule has 142 valence electrons. The number of ether oxygens (including phenoxy) is 2. The van der Waals surface area contributed by atoms with Crippen LogP contribution < -0.4 is 9.64 Å². The Kier molecular flexibility index (Phi) is 6.46. The van der Waals surface area contributed by atoms with Crippen molar-refractivity contribution in [3.8, 4) is 17.2 Å². The first-order chi connectivity index (χ1) is 12.7. The standard InChI is InChI=1S/C19H28N4O3/c1-4-10-25-17-8-6-5-7-16(17)18-20-21-19(26-18)23-9-11-24-14-15(13-23)12-22(2)3/h5-8,15H,4,9-14H2,1-3H3. The number of para-hydroxylation sites is 1. The summed E-state index contributed by atoms with van der Waals surface area (Å²) in [6.07, 6.45) is 0.949. The molecule has 1 fully saturated rings. The first kappa shape index (κ1) is 18.7. The largest absolute Gasteiger partial charge is 0.493 e. The van der Waals surface area contributed by atoms with Crippen LogP contribution in [0.3, 0.4) is 0 Å². The van der Waals surface area contributed by atoms with Crippen LogP contribution in [-0.4, -0.2) is 68.6 Å². The molecule has 7 nitrogen and oxygen atoms in total. The van der Waals surface area contributed by atoms with Gasteiger partial charge < -0.3 is 23.7 Å². The van der Waals surface area contributed by atoms with Crippen molar-refractivity contribution < 1.29 is 13.9 Å². The Hall–Kier alpha value is -2.12. The fourth-order valence-electron chi connectivity index (χ4n) is 3.11. The van der Waals surface area contributed by atoms with Gasteiger partial charge in [-0.1, -0.05) is 24.2 Å². The van der Waals surface area contributed by atoms with Crippen LogP contribution in [0.2, 0.25) is 0 Å². The van der Waals surface area contributed by atoms with Crippen LogP contribution in [0.4, 0.5) is 6.01 Å². The topological polar surface area (TPSA) is 63.9 Å². The van der Waals surface area contributed by atoms with Crippen LogP contribution >= 0.6 is 0 Å². The van der Waals surface area contributed by atoms with E-state index in [-0.39, 0.29) is 0 Å². The van der Waals surface area contributed by atoms with Crippen molar-refractivity contribution in [2.24, 2.45) is 5.92 Å². The van der Waals surface area contributed by atoms with E-state index in [1.165, 1.54) is 0 Å². The summed E-state index contributed by atoms with van der Waals surface area (Å²) in [5.41, 5.74) is 0.829. The Morgan fingerprint density at radius 3 is 2.92 bits per heavy atom. The van der Waals surface area contributed by atoms with Gasteiger partial charge in [0.25, 0.3) is 5.89 Å². The highest BCUT2D eigenvalue weighted by atomic mass is 16.5. The minimum Gasteiger partial charge on any atom is -0.493 e. The summed E-state index contributed by atoms with van der Waals surface area (Å²) in [5, 5.41) is 8.53. The zero-order valence-electron chi connectivity index (χ0n) is 15.9. The lowest BCUT2D eigenvalue weighted by Gasteiger charge is -2.23. The maximum absolute atomic E-state index is 5.99. The van der Waals surface area contributed by atoms with E-state index < -0.39 is 0 Å². The van der Waals surface area contributed by atoms with Gasteiger partial charge >= 0.3 is 6.01 Å². The van der Waals surface area contributed by atoms with E-state index in [1.807, 2.05) is 24.3 Å². The molecule has 2 heterocycles. The molecule has 1 aromatic heterocycles. The van der Waals surface area contributed by atoms with Crippen molar-refractivity contribution >= 4 is 6.01 Å². The average Bonchev–Trinajstić information content (AvgIpc) is 3.01. The van der Waals surface area contributed by atoms with Crippen LogP contribution in [0.5, 0.6) is 5.75 Å². The number of anilines is 1. The Morgan fingerprint density at radius 1 is 1.27 bits per heavy atom. The van der Waals surface area contributed by atoms with Gasteiger partial charge in [-0.2, -0.15) is 0 Å². The van der Waals surface area contributed by atoms with Crippen molar-refractivity contribution in [2.45, 2.75) is 13.3 Å². The second-order valence-corrected chi connectivity index (χ2v) is 6.88. The second kappa shape index (κ2) is 9.00. The smallest absolute Gasteiger partial charge is 0.318 e. The molecule has 0 N–H and O–H groups in total. The van der Waals surface area contributed by atoms with Crippen LogP contribution in [0.15, 0.2) is 28.7 Å². The highest BCUT2D eigenvalue weighted by molar-refractivity contribution is 5.62. The third kappa shape index (κ3) is 4.74. The summed E-state index contributed by atoms with van der Waals surface area (Å²) in [7, 11) is 4.15. The van der Waals surface area contributed by atoms with E-state index in [0.29, 0.717) is 31.0 Å². The molecule has 0 bridgehead atoms. The molecule has 0 amide bonds. The van der Waals surface area contributed by atoms with E-state index in [1.54, 1.807) is 0 Å². The molecule has 1 aliphatic rings. The summed E-state index contributed by atoms with van der Waals surface area (Å²) >= 11 is 0. The van der Waals surface area contributed by atoms with Gasteiger partial charge in [-0.25, -0.2) is 0 Å². The average molecular weight is 360 g/mol. The number of nitrogens with zero attached hydrogens (tertiary/aromatic N) is 4. The Balaban J connectivity index is 1.77. The summed E-state index contributed by atoms with van der Waals surface area (Å²) in [5.74, 6) is 1.67. The minimum atomic E-state index is 0.406. The molecule has 3 rings (SSSR count). The number of hydrogen-bond acceptors (Lipinski definition) is 7. The van der Waals surface area contributed by atoms with Gasteiger partial charge in [0.15, 0.2) is 0 Å². The van der Waals surface area contributed by atoms with Crippen molar-refractivity contribution in [3.63, 3.8) is 0 Å². The fourth-order valence-corrected chi connectivity index (χ4v) is 3.11. The first-order valence-corrected chi connectivity index (χ1v) is 9.20. The summed E-state index contributed by atoms with van der Waals surface area (Å²) in [4.78, 5) is 4.30. The lowest BCUT2D eigenvalue weighted by molar-refractivity contribution is 0.113. The predicted octanol–water partition coefficient (Wildman–Crippen LogP) is 2.54. The van der Waals surface area contributed by atoms with E-state index >= 15 is 0 Å². The van der Waals surface area contributed by atoms with Crippen LogP contribution in [0.1, 0.15) is 13.3 Å². The number of benzene rings is 1. The van der Waals surface area contributed by atoms with Gasteiger partial charge in [-0.05, 0) is 32.6 Å². The van der Waals surface area contributed by atoms with Crippen LogP contribution in [0.25, 0.3) is 11.5 Å². The maximum Gasteiger partial charge on any atom is 0.318 e. The van der Waals surface area contributed by atoms with Crippen molar-refractivity contribution in [3.05, 3.63) is 24.3 Å². The number of rotatable bonds is 7. The van der Waals surface area contributed by atoms with Crippen LogP contribution in [-0.2, 0) is 4.74 Å². The fraction of sp³-hybridized carbons (Fsp3) is 0.579. The van der Waals surface area contributed by atoms with Gasteiger partial charge in [-0.15, -0.1) is 5.10 Å². The molecule has 0 spiro atoms. The van der Waals surface area contributed by atoms with E-state index in [0.717, 1.165) is 44.0 Å².